The van der Waals surface area contributed by atoms with Crippen molar-refractivity contribution >= 4 is 23.8 Å². The lowest BCUT2D eigenvalue weighted by Gasteiger charge is -2.27. The Balaban J connectivity index is 1.82. The number of carbonyl (C=O) groups is 3. The molecule has 0 amide bonds. The second kappa shape index (κ2) is 10.1. The van der Waals surface area contributed by atoms with E-state index >= 15 is 0 Å². The fourth-order valence-corrected chi connectivity index (χ4v) is 4.55. The number of Topliss-reactive ketones (excluding diaryl/α,β-unsaturated/α-hetero) is 1. The Morgan fingerprint density at radius 3 is 2.62 bits per heavy atom. The van der Waals surface area contributed by atoms with Gasteiger partial charge >= 0.3 is 11.9 Å². The van der Waals surface area contributed by atoms with Gasteiger partial charge in [-0.25, -0.2) is 4.79 Å². The SMILES string of the molecule is C[C@@H]1CCCC(=O)CCCC=Cc2cc3c(c(O)c2C(=O)O1)[C@@H](c1cccc(O)c1)CC(=O)O3. The largest absolute Gasteiger partial charge is 0.508 e. The van der Waals surface area contributed by atoms with E-state index in [0.717, 1.165) is 0 Å². The third-order valence-corrected chi connectivity index (χ3v) is 6.25. The zero-order valence-electron chi connectivity index (χ0n) is 19.1. The highest BCUT2D eigenvalue weighted by atomic mass is 16.5. The van der Waals surface area contributed by atoms with Crippen molar-refractivity contribution in [2.45, 2.75) is 63.9 Å². The fourth-order valence-electron chi connectivity index (χ4n) is 4.55. The minimum Gasteiger partial charge on any atom is -0.508 e. The third kappa shape index (κ3) is 5.14. The van der Waals surface area contributed by atoms with Gasteiger partial charge in [-0.1, -0.05) is 24.3 Å². The molecule has 34 heavy (non-hydrogen) atoms. The number of ketones is 1. The van der Waals surface area contributed by atoms with Gasteiger partial charge in [0.05, 0.1) is 12.5 Å². The quantitative estimate of drug-likeness (QED) is 0.450. The topological polar surface area (TPSA) is 110 Å². The first-order valence-electron chi connectivity index (χ1n) is 11.6. The number of rotatable bonds is 1. The van der Waals surface area contributed by atoms with Gasteiger partial charge in [-0.3, -0.25) is 9.59 Å². The highest BCUT2D eigenvalue weighted by Crippen LogP contribution is 2.47. The average molecular weight is 465 g/mol. The van der Waals surface area contributed by atoms with Crippen LogP contribution in [0.4, 0.5) is 0 Å². The summed E-state index contributed by atoms with van der Waals surface area (Å²) < 4.78 is 11.1. The van der Waals surface area contributed by atoms with Crippen molar-refractivity contribution < 1.29 is 34.1 Å². The van der Waals surface area contributed by atoms with Crippen LogP contribution in [0.15, 0.2) is 36.4 Å². The summed E-state index contributed by atoms with van der Waals surface area (Å²) in [6.45, 7) is 1.76. The summed E-state index contributed by atoms with van der Waals surface area (Å²) in [7, 11) is 0. The lowest BCUT2D eigenvalue weighted by atomic mass is 9.83. The van der Waals surface area contributed by atoms with Gasteiger partial charge in [0.1, 0.15) is 28.6 Å². The molecule has 0 saturated heterocycles. The molecule has 0 aromatic heterocycles. The number of benzene rings is 2. The molecular weight excluding hydrogens is 436 g/mol. The minimum atomic E-state index is -0.678. The zero-order valence-corrected chi connectivity index (χ0v) is 19.1. The Bertz CT molecular complexity index is 1150. The average Bonchev–Trinajstić information content (AvgIpc) is 2.77. The first-order chi connectivity index (χ1) is 16.3. The first-order valence-corrected chi connectivity index (χ1v) is 11.6. The van der Waals surface area contributed by atoms with Crippen molar-refractivity contribution in [2.75, 3.05) is 0 Å². The number of hydrogen-bond acceptors (Lipinski definition) is 7. The molecule has 0 unspecified atom stereocenters. The number of carbonyl (C=O) groups excluding carboxylic acids is 3. The van der Waals surface area contributed by atoms with E-state index in [-0.39, 0.29) is 35.0 Å². The standard InChI is InChI=1S/C27H28O7/c1-16-7-5-11-19(28)10-4-2-3-8-18-14-22-25(26(31)24(18)27(32)33-16)21(15-23(30)34-22)17-9-6-12-20(29)13-17/h3,6,8-9,12-14,16,21,29,31H,2,4-5,7,10-11,15H2,1H3/t16-,21-/m1/s1. The Labute approximate surface area is 198 Å². The molecule has 0 bridgehead atoms. The number of aromatic hydroxyl groups is 2. The maximum atomic E-state index is 13.2. The second-order valence-electron chi connectivity index (χ2n) is 8.87. The molecule has 0 radical (unpaired) electrons. The Morgan fingerprint density at radius 2 is 1.82 bits per heavy atom. The van der Waals surface area contributed by atoms with Gasteiger partial charge in [0.15, 0.2) is 0 Å². The van der Waals surface area contributed by atoms with Gasteiger partial charge in [0.2, 0.25) is 0 Å². The molecule has 2 atom stereocenters. The molecule has 4 rings (SSSR count). The first kappa shape index (κ1) is 23.5. The van der Waals surface area contributed by atoms with Crippen LogP contribution < -0.4 is 4.74 Å². The van der Waals surface area contributed by atoms with Crippen molar-refractivity contribution in [2.24, 2.45) is 0 Å². The molecule has 2 heterocycles. The van der Waals surface area contributed by atoms with Crippen LogP contribution in [0, 0.1) is 0 Å². The summed E-state index contributed by atoms with van der Waals surface area (Å²) in [6, 6.07) is 8.02. The van der Waals surface area contributed by atoms with Crippen molar-refractivity contribution in [1.29, 1.82) is 0 Å². The molecule has 0 spiro atoms. The van der Waals surface area contributed by atoms with Crippen molar-refractivity contribution in [3.8, 4) is 17.2 Å². The van der Waals surface area contributed by atoms with Crippen LogP contribution in [-0.2, 0) is 14.3 Å². The molecule has 2 aromatic carbocycles. The molecular formula is C27H28O7. The number of ether oxygens (including phenoxy) is 2. The highest BCUT2D eigenvalue weighted by Gasteiger charge is 2.35. The van der Waals surface area contributed by atoms with E-state index in [2.05, 4.69) is 0 Å². The Hall–Kier alpha value is -3.61. The number of esters is 2. The van der Waals surface area contributed by atoms with E-state index in [9.17, 15) is 24.6 Å². The normalized spacial score (nSPS) is 21.6. The number of hydrogen-bond donors (Lipinski definition) is 2. The summed E-state index contributed by atoms with van der Waals surface area (Å²) in [4.78, 5) is 37.6. The van der Waals surface area contributed by atoms with Gasteiger partial charge < -0.3 is 19.7 Å². The summed E-state index contributed by atoms with van der Waals surface area (Å²) in [5, 5.41) is 21.3. The van der Waals surface area contributed by atoms with Gasteiger partial charge in [0, 0.05) is 24.3 Å². The molecule has 2 aromatic rings. The van der Waals surface area contributed by atoms with Gasteiger partial charge in [-0.05, 0) is 61.9 Å². The maximum Gasteiger partial charge on any atom is 0.342 e. The van der Waals surface area contributed by atoms with E-state index in [4.69, 9.17) is 9.47 Å². The van der Waals surface area contributed by atoms with Crippen LogP contribution in [0.25, 0.3) is 6.08 Å². The minimum absolute atomic E-state index is 0.0121. The molecule has 7 heteroatoms. The van der Waals surface area contributed by atoms with E-state index in [1.165, 1.54) is 12.1 Å². The number of fused-ring (bicyclic) bond motifs is 2. The molecule has 2 N–H and O–H groups in total. The van der Waals surface area contributed by atoms with Gasteiger partial charge in [-0.15, -0.1) is 0 Å². The molecule has 0 fully saturated rings. The summed E-state index contributed by atoms with van der Waals surface area (Å²) in [5.74, 6) is -1.64. The summed E-state index contributed by atoms with van der Waals surface area (Å²) in [5.41, 5.74) is 1.32. The van der Waals surface area contributed by atoms with Crippen LogP contribution in [0.3, 0.4) is 0 Å². The van der Waals surface area contributed by atoms with Crippen LogP contribution in [0.1, 0.15) is 84.8 Å². The Morgan fingerprint density at radius 1 is 1.03 bits per heavy atom. The monoisotopic (exact) mass is 464 g/mol. The Kier molecular flexibility index (Phi) is 7.01. The number of phenolic OH excluding ortho intramolecular Hbond substituents is 2. The lowest BCUT2D eigenvalue weighted by Crippen LogP contribution is -2.23. The summed E-state index contributed by atoms with van der Waals surface area (Å²) >= 11 is 0. The van der Waals surface area contributed by atoms with Crippen LogP contribution >= 0.6 is 0 Å². The molecule has 7 nitrogen and oxygen atoms in total. The van der Waals surface area contributed by atoms with E-state index < -0.39 is 24.0 Å². The van der Waals surface area contributed by atoms with Crippen molar-refractivity contribution in [3.05, 3.63) is 58.7 Å². The highest BCUT2D eigenvalue weighted by molar-refractivity contribution is 5.98. The number of phenols is 2. The summed E-state index contributed by atoms with van der Waals surface area (Å²) in [6.07, 6.45) is 6.46. The third-order valence-electron chi connectivity index (χ3n) is 6.25. The van der Waals surface area contributed by atoms with E-state index in [1.807, 2.05) is 6.08 Å². The predicted molar refractivity (Wildman–Crippen MR) is 125 cm³/mol. The van der Waals surface area contributed by atoms with E-state index in [1.54, 1.807) is 31.2 Å². The lowest BCUT2D eigenvalue weighted by molar-refractivity contribution is -0.135. The zero-order chi connectivity index (χ0) is 24.2. The smallest absolute Gasteiger partial charge is 0.342 e. The second-order valence-corrected chi connectivity index (χ2v) is 8.87. The molecule has 0 aliphatic carbocycles. The molecule has 178 valence electrons. The van der Waals surface area contributed by atoms with Crippen LogP contribution in [0.2, 0.25) is 0 Å². The number of cyclic esters (lactones) is 1. The predicted octanol–water partition coefficient (Wildman–Crippen LogP) is 5.02. The molecule has 2 aliphatic rings. The molecule has 2 aliphatic heterocycles. The van der Waals surface area contributed by atoms with Crippen LogP contribution in [0.5, 0.6) is 17.2 Å². The molecule has 0 saturated carbocycles. The van der Waals surface area contributed by atoms with Crippen molar-refractivity contribution in [3.63, 3.8) is 0 Å². The maximum absolute atomic E-state index is 13.2. The van der Waals surface area contributed by atoms with E-state index in [0.29, 0.717) is 55.2 Å². The van der Waals surface area contributed by atoms with Gasteiger partial charge in [0.25, 0.3) is 0 Å². The van der Waals surface area contributed by atoms with Gasteiger partial charge in [-0.2, -0.15) is 0 Å². The fraction of sp³-hybridized carbons (Fsp3) is 0.370. The van der Waals surface area contributed by atoms with Crippen molar-refractivity contribution in [1.82, 2.24) is 0 Å². The number of allylic oxidation sites excluding steroid dienone is 1. The van der Waals surface area contributed by atoms with Crippen LogP contribution in [-0.4, -0.2) is 34.0 Å².